The van der Waals surface area contributed by atoms with Crippen LogP contribution in [0.5, 0.6) is 0 Å². The molecule has 4 nitrogen and oxygen atoms in total. The van der Waals surface area contributed by atoms with Crippen molar-refractivity contribution in [3.63, 3.8) is 0 Å². The van der Waals surface area contributed by atoms with Crippen molar-refractivity contribution in [1.29, 1.82) is 0 Å². The minimum Gasteiger partial charge on any atom is -0.545 e. The number of benzene rings is 2. The van der Waals surface area contributed by atoms with E-state index in [1.54, 1.807) is 12.3 Å². The number of hydrogen-bond acceptors (Lipinski definition) is 3. The summed E-state index contributed by atoms with van der Waals surface area (Å²) in [7, 11) is 0. The average Bonchev–Trinajstić information content (AvgIpc) is 2.89. The van der Waals surface area contributed by atoms with E-state index in [4.69, 9.17) is 11.6 Å². The smallest absolute Gasteiger partial charge is 0.0731 e. The van der Waals surface area contributed by atoms with Gasteiger partial charge in [0.05, 0.1) is 11.7 Å². The minimum absolute atomic E-state index is 0.0635. The summed E-state index contributed by atoms with van der Waals surface area (Å²) >= 11 is 5.86. The first-order valence-electron chi connectivity index (χ1n) is 8.18. The number of aryl methyl sites for hydroxylation is 2. The lowest BCUT2D eigenvalue weighted by Gasteiger charge is -2.09. The molecule has 1 aromatic heterocycles. The Kier molecular flexibility index (Phi) is 4.96. The number of hydrogen-bond donors (Lipinski definition) is 0. The van der Waals surface area contributed by atoms with E-state index in [-0.39, 0.29) is 10.6 Å². The normalized spacial score (nSPS) is 11.2. The SMILES string of the molecule is Cc1ccc(-n2c(C)cc(C=Nc3ccc(Cl)c(C(=O)[O-])c3)c2C)cc1. The maximum absolute atomic E-state index is 11.1. The van der Waals surface area contributed by atoms with Crippen LogP contribution in [0.25, 0.3) is 5.69 Å². The third-order valence-corrected chi connectivity index (χ3v) is 4.61. The molecule has 0 spiro atoms. The van der Waals surface area contributed by atoms with E-state index in [0.717, 1.165) is 22.6 Å². The average molecular weight is 366 g/mol. The lowest BCUT2D eigenvalue weighted by molar-refractivity contribution is -0.255. The molecular formula is C21H18ClN2O2-. The lowest BCUT2D eigenvalue weighted by atomic mass is 10.2. The summed E-state index contributed by atoms with van der Waals surface area (Å²) < 4.78 is 2.16. The molecular weight excluding hydrogens is 348 g/mol. The monoisotopic (exact) mass is 365 g/mol. The number of carboxylic acid groups (broad SMARTS) is 1. The van der Waals surface area contributed by atoms with Gasteiger partial charge in [0.2, 0.25) is 0 Å². The standard InChI is InChI=1S/C21H19ClN2O2/c1-13-4-7-18(8-5-13)24-14(2)10-16(15(24)3)12-23-17-6-9-20(22)19(11-17)21(25)26/h4-12H,1-3H3,(H,25,26)/p-1. The fourth-order valence-corrected chi connectivity index (χ4v) is 3.10. The first kappa shape index (κ1) is 18.0. The van der Waals surface area contributed by atoms with Gasteiger partial charge in [-0.25, -0.2) is 0 Å². The molecule has 0 radical (unpaired) electrons. The van der Waals surface area contributed by atoms with Crippen molar-refractivity contribution in [2.75, 3.05) is 0 Å². The zero-order valence-electron chi connectivity index (χ0n) is 14.8. The van der Waals surface area contributed by atoms with Gasteiger partial charge in [0.25, 0.3) is 0 Å². The fourth-order valence-electron chi connectivity index (χ4n) is 2.90. The van der Waals surface area contributed by atoms with Crippen molar-refractivity contribution in [3.05, 3.63) is 81.6 Å². The number of halogens is 1. The van der Waals surface area contributed by atoms with Crippen LogP contribution >= 0.6 is 11.6 Å². The Hall–Kier alpha value is -2.85. The molecule has 5 heteroatoms. The highest BCUT2D eigenvalue weighted by molar-refractivity contribution is 6.33. The summed E-state index contributed by atoms with van der Waals surface area (Å²) in [6.45, 7) is 6.13. The molecule has 0 unspecified atom stereocenters. The van der Waals surface area contributed by atoms with Crippen LogP contribution in [-0.4, -0.2) is 16.8 Å². The van der Waals surface area contributed by atoms with E-state index in [1.165, 1.54) is 17.7 Å². The Labute approximate surface area is 157 Å². The van der Waals surface area contributed by atoms with E-state index in [9.17, 15) is 9.90 Å². The van der Waals surface area contributed by atoms with Crippen LogP contribution in [0, 0.1) is 20.8 Å². The number of rotatable bonds is 4. The highest BCUT2D eigenvalue weighted by Gasteiger charge is 2.09. The number of nitrogens with zero attached hydrogens (tertiary/aromatic N) is 2. The Bertz CT molecular complexity index is 1000. The Balaban J connectivity index is 1.95. The second kappa shape index (κ2) is 7.18. The first-order valence-corrected chi connectivity index (χ1v) is 8.55. The molecule has 0 N–H and O–H groups in total. The predicted molar refractivity (Wildman–Crippen MR) is 103 cm³/mol. The molecule has 3 aromatic rings. The Morgan fingerprint density at radius 3 is 2.42 bits per heavy atom. The van der Waals surface area contributed by atoms with E-state index in [1.807, 2.05) is 19.9 Å². The minimum atomic E-state index is -1.32. The van der Waals surface area contributed by atoms with Gasteiger partial charge < -0.3 is 14.5 Å². The van der Waals surface area contributed by atoms with Crippen molar-refractivity contribution < 1.29 is 9.90 Å². The summed E-state index contributed by atoms with van der Waals surface area (Å²) in [5.74, 6) is -1.32. The van der Waals surface area contributed by atoms with Crippen LogP contribution in [0.1, 0.15) is 32.9 Å². The number of carboxylic acids is 1. The van der Waals surface area contributed by atoms with Crippen LogP contribution in [0.3, 0.4) is 0 Å². The molecule has 0 fully saturated rings. The maximum atomic E-state index is 11.1. The summed E-state index contributed by atoms with van der Waals surface area (Å²) in [5.41, 5.74) is 5.87. The van der Waals surface area contributed by atoms with Crippen molar-refractivity contribution in [1.82, 2.24) is 4.57 Å². The zero-order chi connectivity index (χ0) is 18.8. The van der Waals surface area contributed by atoms with Crippen molar-refractivity contribution in [2.24, 2.45) is 4.99 Å². The van der Waals surface area contributed by atoms with Crippen LogP contribution in [0.2, 0.25) is 5.02 Å². The van der Waals surface area contributed by atoms with Gasteiger partial charge in [-0.05, 0) is 57.2 Å². The molecule has 0 aliphatic heterocycles. The van der Waals surface area contributed by atoms with E-state index >= 15 is 0 Å². The third-order valence-electron chi connectivity index (χ3n) is 4.29. The number of aromatic nitrogens is 1. The summed E-state index contributed by atoms with van der Waals surface area (Å²) in [6.07, 6.45) is 1.73. The molecule has 0 aliphatic rings. The lowest BCUT2D eigenvalue weighted by Crippen LogP contribution is -2.22. The molecule has 26 heavy (non-hydrogen) atoms. The maximum Gasteiger partial charge on any atom is 0.0731 e. The van der Waals surface area contributed by atoms with Crippen LogP contribution in [-0.2, 0) is 0 Å². The zero-order valence-corrected chi connectivity index (χ0v) is 15.5. The van der Waals surface area contributed by atoms with E-state index in [2.05, 4.69) is 40.7 Å². The quantitative estimate of drug-likeness (QED) is 0.651. The van der Waals surface area contributed by atoms with Crippen molar-refractivity contribution in [2.45, 2.75) is 20.8 Å². The van der Waals surface area contributed by atoms with Crippen LogP contribution in [0.4, 0.5) is 5.69 Å². The van der Waals surface area contributed by atoms with Gasteiger partial charge in [-0.15, -0.1) is 0 Å². The number of carbonyl (C=O) groups excluding carboxylic acids is 1. The van der Waals surface area contributed by atoms with Crippen molar-refractivity contribution in [3.8, 4) is 5.69 Å². The summed E-state index contributed by atoms with van der Waals surface area (Å²) in [4.78, 5) is 15.5. The molecule has 2 aromatic carbocycles. The summed E-state index contributed by atoms with van der Waals surface area (Å²) in [5, 5.41) is 11.2. The molecule has 1 heterocycles. The van der Waals surface area contributed by atoms with Crippen molar-refractivity contribution >= 4 is 29.5 Å². The highest BCUT2D eigenvalue weighted by Crippen LogP contribution is 2.24. The Morgan fingerprint density at radius 2 is 1.77 bits per heavy atom. The fraction of sp³-hybridized carbons (Fsp3) is 0.143. The molecule has 0 amide bonds. The van der Waals surface area contributed by atoms with Gasteiger partial charge in [0.15, 0.2) is 0 Å². The highest BCUT2D eigenvalue weighted by atomic mass is 35.5. The number of aromatic carboxylic acids is 1. The largest absolute Gasteiger partial charge is 0.545 e. The molecule has 0 bridgehead atoms. The van der Waals surface area contributed by atoms with Gasteiger partial charge in [0.1, 0.15) is 0 Å². The van der Waals surface area contributed by atoms with Gasteiger partial charge in [-0.1, -0.05) is 29.3 Å². The van der Waals surface area contributed by atoms with Crippen LogP contribution in [0.15, 0.2) is 53.5 Å². The van der Waals surface area contributed by atoms with Gasteiger partial charge in [-0.2, -0.15) is 0 Å². The molecule has 0 saturated carbocycles. The van der Waals surface area contributed by atoms with Gasteiger partial charge in [-0.3, -0.25) is 4.99 Å². The summed E-state index contributed by atoms with van der Waals surface area (Å²) in [6, 6.07) is 15.0. The van der Waals surface area contributed by atoms with Gasteiger partial charge >= 0.3 is 0 Å². The second-order valence-corrected chi connectivity index (χ2v) is 6.61. The number of carbonyl (C=O) groups is 1. The molecule has 0 saturated heterocycles. The topological polar surface area (TPSA) is 57.4 Å². The van der Waals surface area contributed by atoms with Crippen LogP contribution < -0.4 is 5.11 Å². The van der Waals surface area contributed by atoms with E-state index in [0.29, 0.717) is 5.69 Å². The predicted octanol–water partition coefficient (Wildman–Crippen LogP) is 4.17. The molecule has 132 valence electrons. The van der Waals surface area contributed by atoms with E-state index < -0.39 is 5.97 Å². The Morgan fingerprint density at radius 1 is 1.08 bits per heavy atom. The first-order chi connectivity index (χ1) is 12.4. The van der Waals surface area contributed by atoms with Gasteiger partial charge in [0, 0.05) is 39.4 Å². The second-order valence-electron chi connectivity index (χ2n) is 6.21. The third kappa shape index (κ3) is 3.55. The molecule has 3 rings (SSSR count). The molecule has 0 atom stereocenters. The number of aliphatic imine (C=N–C) groups is 1. The molecule has 0 aliphatic carbocycles.